The molecule has 0 amide bonds. The molecule has 0 aromatic carbocycles. The van der Waals surface area contributed by atoms with E-state index < -0.39 is 0 Å². The minimum absolute atomic E-state index is 0.184. The molecule has 1 fully saturated rings. The molecule has 0 bridgehead atoms. The van der Waals surface area contributed by atoms with Crippen molar-refractivity contribution in [3.8, 4) is 0 Å². The number of aliphatic hydroxyl groups is 1. The molecule has 3 nitrogen and oxygen atoms in total. The molecule has 1 aliphatic heterocycles. The van der Waals surface area contributed by atoms with Gasteiger partial charge < -0.3 is 10.8 Å². The van der Waals surface area contributed by atoms with Crippen LogP contribution in [0.4, 0.5) is 0 Å². The van der Waals surface area contributed by atoms with E-state index in [0.29, 0.717) is 0 Å². The predicted octanol–water partition coefficient (Wildman–Crippen LogP) is 0.426. The SMILES string of the molecule is CC(C)(C)N1CC[C@@H](N)C(CO)C1. The highest BCUT2D eigenvalue weighted by Crippen LogP contribution is 2.22. The first kappa shape index (κ1) is 11.0. The summed E-state index contributed by atoms with van der Waals surface area (Å²) in [5, 5.41) is 9.14. The Hall–Kier alpha value is -0.120. The molecule has 78 valence electrons. The molecule has 0 aromatic heterocycles. The Balaban J connectivity index is 2.55. The van der Waals surface area contributed by atoms with Crippen LogP contribution in [0.15, 0.2) is 0 Å². The van der Waals surface area contributed by atoms with Crippen molar-refractivity contribution < 1.29 is 5.11 Å². The topological polar surface area (TPSA) is 49.5 Å². The molecule has 1 unspecified atom stereocenters. The third-order valence-corrected chi connectivity index (χ3v) is 2.98. The molecule has 2 atom stereocenters. The van der Waals surface area contributed by atoms with Crippen LogP contribution in [0.25, 0.3) is 0 Å². The Morgan fingerprint density at radius 3 is 2.54 bits per heavy atom. The van der Waals surface area contributed by atoms with Gasteiger partial charge in [0.05, 0.1) is 0 Å². The summed E-state index contributed by atoms with van der Waals surface area (Å²) in [5.74, 6) is 0.257. The Bertz CT molecular complexity index is 165. The van der Waals surface area contributed by atoms with E-state index in [1.54, 1.807) is 0 Å². The van der Waals surface area contributed by atoms with Gasteiger partial charge >= 0.3 is 0 Å². The number of aliphatic hydroxyl groups excluding tert-OH is 1. The lowest BCUT2D eigenvalue weighted by molar-refractivity contribution is 0.0449. The molecule has 1 aliphatic rings. The van der Waals surface area contributed by atoms with Gasteiger partial charge in [-0.2, -0.15) is 0 Å². The first-order valence-corrected chi connectivity index (χ1v) is 5.06. The Morgan fingerprint density at radius 2 is 2.08 bits per heavy atom. The Kier molecular flexibility index (Phi) is 3.33. The van der Waals surface area contributed by atoms with Crippen LogP contribution in [0.2, 0.25) is 0 Å². The van der Waals surface area contributed by atoms with Crippen LogP contribution in [0, 0.1) is 5.92 Å². The van der Waals surface area contributed by atoms with Gasteiger partial charge in [0.1, 0.15) is 0 Å². The molecule has 3 heteroatoms. The van der Waals surface area contributed by atoms with Crippen molar-refractivity contribution in [2.24, 2.45) is 11.7 Å². The van der Waals surface area contributed by atoms with Crippen molar-refractivity contribution in [3.05, 3.63) is 0 Å². The first-order valence-electron chi connectivity index (χ1n) is 5.06. The summed E-state index contributed by atoms with van der Waals surface area (Å²) < 4.78 is 0. The van der Waals surface area contributed by atoms with Crippen LogP contribution >= 0.6 is 0 Å². The zero-order valence-corrected chi connectivity index (χ0v) is 8.95. The fourth-order valence-corrected chi connectivity index (χ4v) is 1.85. The first-order chi connectivity index (χ1) is 5.95. The molecule has 0 radical (unpaired) electrons. The number of hydrogen-bond donors (Lipinski definition) is 2. The molecular formula is C10H22N2O. The van der Waals surface area contributed by atoms with Crippen molar-refractivity contribution in [1.82, 2.24) is 4.90 Å². The van der Waals surface area contributed by atoms with Gasteiger partial charge in [0, 0.05) is 37.2 Å². The third kappa shape index (κ3) is 2.66. The molecular weight excluding hydrogens is 164 g/mol. The lowest BCUT2D eigenvalue weighted by Gasteiger charge is -2.43. The molecule has 13 heavy (non-hydrogen) atoms. The zero-order chi connectivity index (χ0) is 10.1. The van der Waals surface area contributed by atoms with E-state index in [2.05, 4.69) is 25.7 Å². The maximum Gasteiger partial charge on any atom is 0.0486 e. The van der Waals surface area contributed by atoms with Gasteiger partial charge in [-0.05, 0) is 27.2 Å². The lowest BCUT2D eigenvalue weighted by atomic mass is 9.90. The van der Waals surface area contributed by atoms with Crippen LogP contribution in [0.1, 0.15) is 27.2 Å². The summed E-state index contributed by atoms with van der Waals surface area (Å²) >= 11 is 0. The third-order valence-electron chi connectivity index (χ3n) is 2.98. The quantitative estimate of drug-likeness (QED) is 0.624. The molecule has 0 aliphatic carbocycles. The van der Waals surface area contributed by atoms with Crippen molar-refractivity contribution in [3.63, 3.8) is 0 Å². The van der Waals surface area contributed by atoms with E-state index in [9.17, 15) is 0 Å². The van der Waals surface area contributed by atoms with Gasteiger partial charge in [-0.3, -0.25) is 4.90 Å². The number of hydrogen-bond acceptors (Lipinski definition) is 3. The summed E-state index contributed by atoms with van der Waals surface area (Å²) in [6.07, 6.45) is 1.00. The average Bonchev–Trinajstić information content (AvgIpc) is 2.03. The normalized spacial score (nSPS) is 32.1. The second-order valence-electron chi connectivity index (χ2n) is 5.01. The van der Waals surface area contributed by atoms with E-state index in [1.807, 2.05) is 0 Å². The highest BCUT2D eigenvalue weighted by atomic mass is 16.3. The van der Waals surface area contributed by atoms with E-state index in [-0.39, 0.29) is 24.1 Å². The predicted molar refractivity (Wildman–Crippen MR) is 54.5 cm³/mol. The maximum atomic E-state index is 9.14. The van der Waals surface area contributed by atoms with Gasteiger partial charge in [-0.25, -0.2) is 0 Å². The van der Waals surface area contributed by atoms with Crippen LogP contribution in [-0.4, -0.2) is 41.3 Å². The molecule has 1 heterocycles. The largest absolute Gasteiger partial charge is 0.396 e. The lowest BCUT2D eigenvalue weighted by Crippen LogP contribution is -2.54. The summed E-state index contributed by atoms with van der Waals surface area (Å²) in [6, 6.07) is 0.184. The van der Waals surface area contributed by atoms with E-state index in [0.717, 1.165) is 19.5 Å². The standard InChI is InChI=1S/C10H22N2O/c1-10(2,3)12-5-4-9(11)8(6-12)7-13/h8-9,13H,4-7,11H2,1-3H3/t8?,9-/m1/s1. The van der Waals surface area contributed by atoms with Crippen LogP contribution in [0.3, 0.4) is 0 Å². The average molecular weight is 186 g/mol. The number of piperidine rings is 1. The summed E-state index contributed by atoms with van der Waals surface area (Å²) in [6.45, 7) is 8.82. The van der Waals surface area contributed by atoms with Crippen LogP contribution in [-0.2, 0) is 0 Å². The smallest absolute Gasteiger partial charge is 0.0486 e. The van der Waals surface area contributed by atoms with Crippen molar-refractivity contribution in [1.29, 1.82) is 0 Å². The Morgan fingerprint density at radius 1 is 1.46 bits per heavy atom. The van der Waals surface area contributed by atoms with Crippen LogP contribution < -0.4 is 5.73 Å². The monoisotopic (exact) mass is 186 g/mol. The molecule has 1 saturated heterocycles. The van der Waals surface area contributed by atoms with E-state index in [1.165, 1.54) is 0 Å². The van der Waals surface area contributed by atoms with Crippen molar-refractivity contribution in [2.75, 3.05) is 19.7 Å². The summed E-state index contributed by atoms with van der Waals surface area (Å²) in [5.41, 5.74) is 6.11. The minimum atomic E-state index is 0.184. The molecule has 0 saturated carbocycles. The zero-order valence-electron chi connectivity index (χ0n) is 8.95. The van der Waals surface area contributed by atoms with Gasteiger partial charge in [0.2, 0.25) is 0 Å². The fraction of sp³-hybridized carbons (Fsp3) is 1.00. The Labute approximate surface area is 80.9 Å². The van der Waals surface area contributed by atoms with Crippen LogP contribution in [0.5, 0.6) is 0 Å². The maximum absolute atomic E-state index is 9.14. The number of nitrogens with two attached hydrogens (primary N) is 1. The van der Waals surface area contributed by atoms with E-state index >= 15 is 0 Å². The van der Waals surface area contributed by atoms with E-state index in [4.69, 9.17) is 10.8 Å². The minimum Gasteiger partial charge on any atom is -0.396 e. The molecule has 3 N–H and O–H groups in total. The van der Waals surface area contributed by atoms with Gasteiger partial charge in [0.25, 0.3) is 0 Å². The second kappa shape index (κ2) is 3.95. The van der Waals surface area contributed by atoms with Gasteiger partial charge in [-0.15, -0.1) is 0 Å². The molecule has 1 rings (SSSR count). The number of nitrogens with zero attached hydrogens (tertiary/aromatic N) is 1. The van der Waals surface area contributed by atoms with Crippen molar-refractivity contribution >= 4 is 0 Å². The fourth-order valence-electron chi connectivity index (χ4n) is 1.85. The summed E-state index contributed by atoms with van der Waals surface area (Å²) in [7, 11) is 0. The molecule has 0 aromatic rings. The highest BCUT2D eigenvalue weighted by molar-refractivity contribution is 4.87. The van der Waals surface area contributed by atoms with Gasteiger partial charge in [0.15, 0.2) is 0 Å². The summed E-state index contributed by atoms with van der Waals surface area (Å²) in [4.78, 5) is 2.40. The van der Waals surface area contributed by atoms with Crippen molar-refractivity contribution in [2.45, 2.75) is 38.8 Å². The van der Waals surface area contributed by atoms with Gasteiger partial charge in [-0.1, -0.05) is 0 Å². The molecule has 0 spiro atoms. The second-order valence-corrected chi connectivity index (χ2v) is 5.01. The number of likely N-dealkylation sites (tertiary alicyclic amines) is 1. The number of rotatable bonds is 1. The highest BCUT2D eigenvalue weighted by Gasteiger charge is 2.31.